The number of hydrogen-bond donors (Lipinski definition) is 6. The molecule has 9 nitrogen and oxygen atoms in total. The van der Waals surface area contributed by atoms with Crippen molar-refractivity contribution >= 4 is 5.91 Å². The maximum atomic E-state index is 10.9. The second-order valence-electron chi connectivity index (χ2n) is 3.96. The number of primary amides is 1. The molecular weight excluding hydrogens is 246 g/mol. The van der Waals surface area contributed by atoms with Crippen molar-refractivity contribution < 1.29 is 30.0 Å². The van der Waals surface area contributed by atoms with Gasteiger partial charge in [0, 0.05) is 0 Å². The van der Waals surface area contributed by atoms with Crippen molar-refractivity contribution in [3.8, 4) is 5.75 Å². The number of nitrogens with zero attached hydrogens (tertiary/aromatic N) is 1. The molecule has 0 saturated carbocycles. The number of carbonyl (C=O) groups is 1. The van der Waals surface area contributed by atoms with E-state index in [0.29, 0.717) is 0 Å². The Labute approximate surface area is 101 Å². The summed E-state index contributed by atoms with van der Waals surface area (Å²) in [6.07, 6.45) is -4.83. The van der Waals surface area contributed by atoms with Crippen molar-refractivity contribution in [2.45, 2.75) is 24.4 Å². The fourth-order valence-electron chi connectivity index (χ4n) is 1.85. The van der Waals surface area contributed by atoms with Gasteiger partial charge < -0.3 is 30.9 Å². The van der Waals surface area contributed by atoms with Crippen LogP contribution in [0.3, 0.4) is 0 Å². The summed E-state index contributed by atoms with van der Waals surface area (Å²) in [5.41, 5.74) is 4.52. The van der Waals surface area contributed by atoms with Crippen LogP contribution in [0.2, 0.25) is 0 Å². The highest BCUT2D eigenvalue weighted by molar-refractivity contribution is 5.93. The lowest BCUT2D eigenvalue weighted by atomic mass is 10.1. The molecule has 7 N–H and O–H groups in total. The SMILES string of the molecule is NC(=O)c1[nH]nc(C2O[C@H](CO)[C@H](O)[C@H]2O)c1O. The van der Waals surface area contributed by atoms with Crippen LogP contribution in [-0.2, 0) is 4.74 Å². The Bertz CT molecular complexity index is 461. The number of carbonyl (C=O) groups excluding carboxylic acids is 1. The lowest BCUT2D eigenvalue weighted by molar-refractivity contribution is -0.0245. The monoisotopic (exact) mass is 259 g/mol. The largest absolute Gasteiger partial charge is 0.504 e. The van der Waals surface area contributed by atoms with Gasteiger partial charge in [-0.15, -0.1) is 0 Å². The van der Waals surface area contributed by atoms with E-state index >= 15 is 0 Å². The summed E-state index contributed by atoms with van der Waals surface area (Å²) in [5, 5.41) is 43.7. The number of nitrogens with two attached hydrogens (primary N) is 1. The lowest BCUT2D eigenvalue weighted by Crippen LogP contribution is -2.32. The van der Waals surface area contributed by atoms with Crippen molar-refractivity contribution in [1.29, 1.82) is 0 Å². The van der Waals surface area contributed by atoms with Crippen molar-refractivity contribution in [3.05, 3.63) is 11.4 Å². The molecule has 1 unspecified atom stereocenters. The van der Waals surface area contributed by atoms with Crippen molar-refractivity contribution in [2.75, 3.05) is 6.61 Å². The van der Waals surface area contributed by atoms with Crippen LogP contribution in [0, 0.1) is 0 Å². The number of aliphatic hydroxyl groups is 3. The molecule has 2 heterocycles. The lowest BCUT2D eigenvalue weighted by Gasteiger charge is -2.12. The number of nitrogens with one attached hydrogen (secondary N) is 1. The zero-order chi connectivity index (χ0) is 13.4. The first-order valence-corrected chi connectivity index (χ1v) is 5.16. The number of aliphatic hydroxyl groups excluding tert-OH is 3. The molecule has 0 aliphatic carbocycles. The Kier molecular flexibility index (Phi) is 3.22. The summed E-state index contributed by atoms with van der Waals surface area (Å²) in [5.74, 6) is -1.46. The van der Waals surface area contributed by atoms with Gasteiger partial charge in [-0.1, -0.05) is 0 Å². The molecule has 1 aromatic heterocycles. The molecule has 1 saturated heterocycles. The predicted molar refractivity (Wildman–Crippen MR) is 55.5 cm³/mol. The zero-order valence-corrected chi connectivity index (χ0v) is 9.15. The molecule has 9 heteroatoms. The molecule has 0 aromatic carbocycles. The molecule has 1 amide bonds. The van der Waals surface area contributed by atoms with Crippen molar-refractivity contribution in [1.82, 2.24) is 10.2 Å². The van der Waals surface area contributed by atoms with E-state index in [4.69, 9.17) is 15.6 Å². The number of aromatic amines is 1. The number of aromatic hydroxyl groups is 1. The van der Waals surface area contributed by atoms with E-state index in [1.807, 2.05) is 0 Å². The van der Waals surface area contributed by atoms with E-state index in [-0.39, 0.29) is 11.4 Å². The van der Waals surface area contributed by atoms with Gasteiger partial charge in [0.2, 0.25) is 0 Å². The number of ether oxygens (including phenoxy) is 1. The Morgan fingerprint density at radius 2 is 2.11 bits per heavy atom. The molecule has 18 heavy (non-hydrogen) atoms. The molecule has 100 valence electrons. The first-order chi connectivity index (χ1) is 8.47. The van der Waals surface area contributed by atoms with Crippen LogP contribution >= 0.6 is 0 Å². The minimum absolute atomic E-state index is 0.147. The third kappa shape index (κ3) is 1.82. The predicted octanol–water partition coefficient (Wildman–Crippen LogP) is -2.63. The maximum Gasteiger partial charge on any atom is 0.270 e. The van der Waals surface area contributed by atoms with Gasteiger partial charge in [0.1, 0.15) is 30.1 Å². The molecule has 1 fully saturated rings. The summed E-state index contributed by atoms with van der Waals surface area (Å²) in [6.45, 7) is -0.497. The average molecular weight is 259 g/mol. The van der Waals surface area contributed by atoms with Gasteiger partial charge in [-0.2, -0.15) is 5.10 Å². The standard InChI is InChI=1S/C9H13N3O6/c10-9(17)4-6(15)3(11-12-4)8-7(16)5(14)2(1-13)18-8/h2,5,7-8,13-16H,1H2,(H2,10,17)(H,11,12)/t2-,5+,7-,8?/m1/s1. The highest BCUT2D eigenvalue weighted by Crippen LogP contribution is 2.37. The molecule has 0 bridgehead atoms. The minimum Gasteiger partial charge on any atom is -0.504 e. The second-order valence-corrected chi connectivity index (χ2v) is 3.96. The van der Waals surface area contributed by atoms with Crippen LogP contribution in [0.1, 0.15) is 22.3 Å². The Hall–Kier alpha value is -1.68. The summed E-state index contributed by atoms with van der Waals surface area (Å²) in [6, 6.07) is 0. The number of amides is 1. The van der Waals surface area contributed by atoms with Crippen LogP contribution in [0.5, 0.6) is 5.75 Å². The minimum atomic E-state index is -1.38. The summed E-state index contributed by atoms with van der Waals surface area (Å²) in [7, 11) is 0. The fourth-order valence-corrected chi connectivity index (χ4v) is 1.85. The van der Waals surface area contributed by atoms with Crippen LogP contribution in [-0.4, -0.2) is 61.4 Å². The quantitative estimate of drug-likeness (QED) is 0.346. The summed E-state index contributed by atoms with van der Waals surface area (Å²) in [4.78, 5) is 10.9. The van der Waals surface area contributed by atoms with Crippen LogP contribution in [0.15, 0.2) is 0 Å². The Morgan fingerprint density at radius 3 is 2.56 bits per heavy atom. The molecule has 1 aromatic rings. The van der Waals surface area contributed by atoms with Gasteiger partial charge >= 0.3 is 0 Å². The molecule has 1 aliphatic rings. The first kappa shape index (κ1) is 12.8. The van der Waals surface area contributed by atoms with E-state index < -0.39 is 42.7 Å². The van der Waals surface area contributed by atoms with Crippen LogP contribution in [0.4, 0.5) is 0 Å². The molecule has 1 aliphatic heterocycles. The topological polar surface area (TPSA) is 162 Å². The van der Waals surface area contributed by atoms with Gasteiger partial charge in [-0.05, 0) is 0 Å². The van der Waals surface area contributed by atoms with Crippen molar-refractivity contribution in [2.24, 2.45) is 5.73 Å². The number of H-pyrrole nitrogens is 1. The molecular formula is C9H13N3O6. The maximum absolute atomic E-state index is 10.9. The summed E-state index contributed by atoms with van der Waals surface area (Å²) >= 11 is 0. The highest BCUT2D eigenvalue weighted by atomic mass is 16.6. The number of rotatable bonds is 3. The van der Waals surface area contributed by atoms with Crippen LogP contribution < -0.4 is 5.73 Å². The first-order valence-electron chi connectivity index (χ1n) is 5.16. The summed E-state index contributed by atoms with van der Waals surface area (Å²) < 4.78 is 5.15. The fraction of sp³-hybridized carbons (Fsp3) is 0.556. The Morgan fingerprint density at radius 1 is 1.44 bits per heavy atom. The smallest absolute Gasteiger partial charge is 0.270 e. The van der Waals surface area contributed by atoms with E-state index in [0.717, 1.165) is 0 Å². The van der Waals surface area contributed by atoms with Crippen LogP contribution in [0.25, 0.3) is 0 Å². The van der Waals surface area contributed by atoms with E-state index in [9.17, 15) is 20.1 Å². The van der Waals surface area contributed by atoms with Gasteiger partial charge in [-0.3, -0.25) is 9.89 Å². The normalized spacial score (nSPS) is 31.7. The van der Waals surface area contributed by atoms with Gasteiger partial charge in [0.25, 0.3) is 5.91 Å². The van der Waals surface area contributed by atoms with E-state index in [2.05, 4.69) is 10.2 Å². The van der Waals surface area contributed by atoms with Crippen molar-refractivity contribution in [3.63, 3.8) is 0 Å². The molecule has 0 radical (unpaired) electrons. The third-order valence-electron chi connectivity index (χ3n) is 2.83. The van der Waals surface area contributed by atoms with Gasteiger partial charge in [0.05, 0.1) is 6.61 Å². The zero-order valence-electron chi connectivity index (χ0n) is 9.15. The van der Waals surface area contributed by atoms with Gasteiger partial charge in [0.15, 0.2) is 11.4 Å². The second kappa shape index (κ2) is 4.53. The van der Waals surface area contributed by atoms with E-state index in [1.165, 1.54) is 0 Å². The third-order valence-corrected chi connectivity index (χ3v) is 2.83. The Balaban J connectivity index is 2.30. The molecule has 2 rings (SSSR count). The number of hydrogen-bond acceptors (Lipinski definition) is 7. The highest BCUT2D eigenvalue weighted by Gasteiger charge is 2.45. The van der Waals surface area contributed by atoms with E-state index in [1.54, 1.807) is 0 Å². The molecule has 0 spiro atoms. The average Bonchev–Trinajstić information content (AvgIpc) is 2.82. The number of aromatic nitrogens is 2. The van der Waals surface area contributed by atoms with Gasteiger partial charge in [-0.25, -0.2) is 0 Å². The molecule has 4 atom stereocenters.